The van der Waals surface area contributed by atoms with Gasteiger partial charge in [-0.05, 0) is 24.6 Å². The second-order valence-corrected chi connectivity index (χ2v) is 8.22. The van der Waals surface area contributed by atoms with E-state index in [4.69, 9.17) is 9.47 Å². The van der Waals surface area contributed by atoms with Crippen LogP contribution in [0.3, 0.4) is 0 Å². The molecule has 3 aromatic rings. The second kappa shape index (κ2) is 8.61. The summed E-state index contributed by atoms with van der Waals surface area (Å²) >= 11 is 0. The van der Waals surface area contributed by atoms with Gasteiger partial charge < -0.3 is 19.9 Å². The van der Waals surface area contributed by atoms with Crippen LogP contribution in [-0.2, 0) is 28.2 Å². The number of aromatic nitrogens is 5. The van der Waals surface area contributed by atoms with Crippen molar-refractivity contribution in [2.45, 2.75) is 38.5 Å². The molecule has 4 heterocycles. The first-order valence-corrected chi connectivity index (χ1v) is 10.9. The van der Waals surface area contributed by atoms with E-state index in [1.54, 1.807) is 6.92 Å². The van der Waals surface area contributed by atoms with Gasteiger partial charge in [-0.2, -0.15) is 5.10 Å². The van der Waals surface area contributed by atoms with Gasteiger partial charge in [-0.1, -0.05) is 6.07 Å². The average Bonchev–Trinajstić information content (AvgIpc) is 3.27. The van der Waals surface area contributed by atoms with Crippen LogP contribution in [0.15, 0.2) is 29.3 Å². The number of nitrogens with zero attached hydrogens (tertiary/aromatic N) is 5. The predicted octanol–water partition coefficient (Wildman–Crippen LogP) is 0.943. The Labute approximate surface area is 193 Å². The topological polar surface area (TPSA) is 133 Å². The van der Waals surface area contributed by atoms with Crippen molar-refractivity contribution in [2.24, 2.45) is 0 Å². The number of ether oxygens (including phenoxy) is 2. The molecule has 2 aliphatic rings. The van der Waals surface area contributed by atoms with Crippen molar-refractivity contribution in [1.82, 2.24) is 29.6 Å². The zero-order chi connectivity index (χ0) is 23.9. The van der Waals surface area contributed by atoms with E-state index in [9.17, 15) is 19.1 Å². The van der Waals surface area contributed by atoms with Crippen LogP contribution in [0.2, 0.25) is 0 Å². The highest BCUT2D eigenvalue weighted by Crippen LogP contribution is 2.37. The van der Waals surface area contributed by atoms with Crippen LogP contribution in [-0.4, -0.2) is 55.1 Å². The molecule has 0 saturated carbocycles. The summed E-state index contributed by atoms with van der Waals surface area (Å²) in [5.41, 5.74) is -0.944. The van der Waals surface area contributed by atoms with E-state index in [0.717, 1.165) is 0 Å². The van der Waals surface area contributed by atoms with Crippen molar-refractivity contribution in [2.75, 3.05) is 19.8 Å². The molecule has 0 unspecified atom stereocenters. The van der Waals surface area contributed by atoms with Gasteiger partial charge in [-0.3, -0.25) is 14.2 Å². The molecular weight excluding hydrogens is 447 g/mol. The van der Waals surface area contributed by atoms with Crippen LogP contribution in [0.25, 0.3) is 5.69 Å². The molecule has 0 atom stereocenters. The Bertz CT molecular complexity index is 1310. The zero-order valence-electron chi connectivity index (χ0n) is 18.5. The lowest BCUT2D eigenvalue weighted by Gasteiger charge is -2.40. The molecular formula is C22H23FN6O5. The Morgan fingerprint density at radius 1 is 1.29 bits per heavy atom. The monoisotopic (exact) mass is 470 g/mol. The Kier molecular flexibility index (Phi) is 5.62. The lowest BCUT2D eigenvalue weighted by molar-refractivity contribution is -0.139. The van der Waals surface area contributed by atoms with E-state index >= 15 is 0 Å². The summed E-state index contributed by atoms with van der Waals surface area (Å²) in [4.78, 5) is 34.3. The highest BCUT2D eigenvalue weighted by Gasteiger charge is 2.43. The van der Waals surface area contributed by atoms with Crippen molar-refractivity contribution in [3.8, 4) is 11.4 Å². The van der Waals surface area contributed by atoms with Gasteiger partial charge >= 0.3 is 0 Å². The minimum atomic E-state index is -0.840. The number of fused-ring (bicyclic) bond motifs is 2. The van der Waals surface area contributed by atoms with E-state index in [2.05, 4.69) is 20.4 Å². The highest BCUT2D eigenvalue weighted by molar-refractivity contribution is 5.94. The number of aryl methyl sites for hydroxylation is 1. The van der Waals surface area contributed by atoms with Crippen molar-refractivity contribution in [3.05, 3.63) is 63.6 Å². The third-order valence-corrected chi connectivity index (χ3v) is 6.19. The summed E-state index contributed by atoms with van der Waals surface area (Å²) in [6.45, 7) is 3.10. The van der Waals surface area contributed by atoms with Crippen molar-refractivity contribution in [1.29, 1.82) is 0 Å². The Morgan fingerprint density at radius 2 is 2.09 bits per heavy atom. The van der Waals surface area contributed by atoms with E-state index in [0.29, 0.717) is 55.6 Å². The highest BCUT2D eigenvalue weighted by atomic mass is 19.1. The van der Waals surface area contributed by atoms with Crippen molar-refractivity contribution < 1.29 is 23.8 Å². The SMILES string of the molecule is Cc1ncnn1-c1cc(F)ccc1CNC(=O)c1nc2n(c(=O)c1O)CCOC21CCOCC1. The second-order valence-electron chi connectivity index (χ2n) is 8.22. The maximum absolute atomic E-state index is 13.9. The fourth-order valence-electron chi connectivity index (χ4n) is 4.40. The minimum absolute atomic E-state index is 0.0250. The molecule has 1 fully saturated rings. The Morgan fingerprint density at radius 3 is 2.82 bits per heavy atom. The maximum Gasteiger partial charge on any atom is 0.296 e. The molecule has 2 aromatic heterocycles. The van der Waals surface area contributed by atoms with Crippen LogP contribution < -0.4 is 10.9 Å². The lowest BCUT2D eigenvalue weighted by Crippen LogP contribution is -2.48. The number of benzene rings is 1. The van der Waals surface area contributed by atoms with Crippen molar-refractivity contribution >= 4 is 5.91 Å². The molecule has 0 bridgehead atoms. The average molecular weight is 470 g/mol. The van der Waals surface area contributed by atoms with Gasteiger partial charge in [-0.25, -0.2) is 19.0 Å². The molecule has 0 aliphatic carbocycles. The fourth-order valence-corrected chi connectivity index (χ4v) is 4.40. The molecule has 11 nitrogen and oxygen atoms in total. The van der Waals surface area contributed by atoms with Crippen LogP contribution in [0.4, 0.5) is 4.39 Å². The first kappa shape index (κ1) is 22.2. The number of hydrogen-bond donors (Lipinski definition) is 2. The molecule has 1 saturated heterocycles. The van der Waals surface area contributed by atoms with E-state index in [1.165, 1.54) is 33.8 Å². The molecule has 0 radical (unpaired) electrons. The van der Waals surface area contributed by atoms with Gasteiger partial charge in [0.25, 0.3) is 11.5 Å². The van der Waals surface area contributed by atoms with Crippen molar-refractivity contribution in [3.63, 3.8) is 0 Å². The summed E-state index contributed by atoms with van der Waals surface area (Å²) in [6.07, 6.45) is 2.32. The number of amides is 1. The number of halogens is 1. The molecule has 12 heteroatoms. The van der Waals surface area contributed by atoms with Gasteiger partial charge in [0, 0.05) is 32.6 Å². The van der Waals surface area contributed by atoms with Crippen LogP contribution in [0.1, 0.15) is 40.5 Å². The number of aromatic hydroxyl groups is 1. The largest absolute Gasteiger partial charge is 0.501 e. The van der Waals surface area contributed by atoms with E-state index < -0.39 is 28.6 Å². The summed E-state index contributed by atoms with van der Waals surface area (Å²) in [5, 5.41) is 17.3. The molecule has 2 N–H and O–H groups in total. The number of carbonyl (C=O) groups is 1. The number of rotatable bonds is 4. The smallest absolute Gasteiger partial charge is 0.296 e. The fraction of sp³-hybridized carbons (Fsp3) is 0.409. The first-order chi connectivity index (χ1) is 16.4. The molecule has 34 heavy (non-hydrogen) atoms. The van der Waals surface area contributed by atoms with Gasteiger partial charge in [0.05, 0.1) is 18.8 Å². The zero-order valence-corrected chi connectivity index (χ0v) is 18.5. The van der Waals surface area contributed by atoms with Crippen LogP contribution in [0, 0.1) is 12.7 Å². The quantitative estimate of drug-likeness (QED) is 0.576. The normalized spacial score (nSPS) is 16.9. The van der Waals surface area contributed by atoms with Gasteiger partial charge in [-0.15, -0.1) is 0 Å². The lowest BCUT2D eigenvalue weighted by atomic mass is 9.91. The maximum atomic E-state index is 13.9. The third-order valence-electron chi connectivity index (χ3n) is 6.19. The first-order valence-electron chi connectivity index (χ1n) is 10.9. The summed E-state index contributed by atoms with van der Waals surface area (Å²) < 4.78 is 28.2. The van der Waals surface area contributed by atoms with E-state index in [1.807, 2.05) is 0 Å². The number of hydrogen-bond acceptors (Lipinski definition) is 8. The molecule has 1 aromatic carbocycles. The van der Waals surface area contributed by atoms with E-state index in [-0.39, 0.29) is 18.8 Å². The summed E-state index contributed by atoms with van der Waals surface area (Å²) in [5.74, 6) is -1.07. The summed E-state index contributed by atoms with van der Waals surface area (Å²) in [6, 6.07) is 4.08. The van der Waals surface area contributed by atoms with Gasteiger partial charge in [0.2, 0.25) is 5.75 Å². The third kappa shape index (κ3) is 3.74. The van der Waals surface area contributed by atoms with Crippen LogP contribution >= 0.6 is 0 Å². The van der Waals surface area contributed by atoms with Gasteiger partial charge in [0.1, 0.15) is 29.4 Å². The number of nitrogens with one attached hydrogen (secondary N) is 1. The minimum Gasteiger partial charge on any atom is -0.501 e. The summed E-state index contributed by atoms with van der Waals surface area (Å²) in [7, 11) is 0. The molecule has 5 rings (SSSR count). The molecule has 2 aliphatic heterocycles. The Hall–Kier alpha value is -3.64. The van der Waals surface area contributed by atoms with Gasteiger partial charge in [0.15, 0.2) is 5.69 Å². The molecule has 1 amide bonds. The number of carbonyl (C=O) groups excluding carboxylic acids is 1. The predicted molar refractivity (Wildman–Crippen MR) is 115 cm³/mol. The Balaban J connectivity index is 1.46. The van der Waals surface area contributed by atoms with Crippen LogP contribution in [0.5, 0.6) is 5.75 Å². The molecule has 178 valence electrons. The molecule has 1 spiro atoms. The standard InChI is InChI=1S/C22H23FN6O5/c1-13-25-12-26-29(13)16-10-15(23)3-2-14(16)11-24-19(31)17-18(30)20(32)28-6-9-34-22(21(28)27-17)4-7-33-8-5-22/h2-3,10,12,30H,4-9,11H2,1H3,(H,24,31).